The Hall–Kier alpha value is -2.70. The van der Waals surface area contributed by atoms with E-state index in [4.69, 9.17) is 9.72 Å². The number of carbonyl (C=O) groups excluding carboxylic acids is 1. The van der Waals surface area contributed by atoms with Gasteiger partial charge in [-0.1, -0.05) is 21.9 Å². The van der Waals surface area contributed by atoms with E-state index < -0.39 is 10.8 Å². The van der Waals surface area contributed by atoms with Gasteiger partial charge in [-0.3, -0.25) is 18.6 Å². The smallest absolute Gasteiger partial charge is 0.308 e. The maximum Gasteiger partial charge on any atom is 0.308 e. The van der Waals surface area contributed by atoms with Crippen LogP contribution in [-0.4, -0.2) is 42.5 Å². The number of halogens is 1. The number of hydrogen-bond donors (Lipinski definition) is 0. The molecule has 3 fully saturated rings. The third-order valence-corrected chi connectivity index (χ3v) is 10.2. The van der Waals surface area contributed by atoms with Gasteiger partial charge in [-0.15, -0.1) is 5.10 Å². The summed E-state index contributed by atoms with van der Waals surface area (Å²) in [5.41, 5.74) is 4.46. The molecule has 2 saturated carbocycles. The Kier molecular flexibility index (Phi) is 6.36. The highest BCUT2D eigenvalue weighted by molar-refractivity contribution is 9.10. The third kappa shape index (κ3) is 4.59. The number of ether oxygens (including phenoxy) is 1. The summed E-state index contributed by atoms with van der Waals surface area (Å²) in [4.78, 5) is 20.0. The van der Waals surface area contributed by atoms with E-state index in [1.165, 1.54) is 0 Å². The maximum absolute atomic E-state index is 13.4. The van der Waals surface area contributed by atoms with E-state index in [2.05, 4.69) is 38.9 Å². The van der Waals surface area contributed by atoms with Crippen molar-refractivity contribution in [2.24, 2.45) is 18.9 Å². The Balaban J connectivity index is 1.40. The highest BCUT2D eigenvalue weighted by Crippen LogP contribution is 2.47. The highest BCUT2D eigenvalue weighted by Gasteiger charge is 2.42. The highest BCUT2D eigenvalue weighted by atomic mass is 79.9. The fourth-order valence-electron chi connectivity index (χ4n) is 5.76. The van der Waals surface area contributed by atoms with Crippen molar-refractivity contribution in [3.8, 4) is 17.7 Å². The van der Waals surface area contributed by atoms with Gasteiger partial charge in [-0.2, -0.15) is 0 Å². The molecule has 0 spiro atoms. The van der Waals surface area contributed by atoms with Gasteiger partial charge in [0, 0.05) is 33.8 Å². The first-order chi connectivity index (χ1) is 17.8. The van der Waals surface area contributed by atoms with Crippen LogP contribution >= 0.6 is 15.9 Å². The normalized spacial score (nSPS) is 24.5. The van der Waals surface area contributed by atoms with Gasteiger partial charge in [0.2, 0.25) is 0 Å². The summed E-state index contributed by atoms with van der Waals surface area (Å²) in [6.45, 7) is 3.69. The quantitative estimate of drug-likeness (QED) is 0.390. The zero-order valence-corrected chi connectivity index (χ0v) is 23.6. The monoisotopic (exact) mass is 580 g/mol. The lowest BCUT2D eigenvalue weighted by atomic mass is 10.0. The number of rotatable bonds is 5. The Labute approximate surface area is 227 Å². The van der Waals surface area contributed by atoms with Crippen molar-refractivity contribution < 1.29 is 13.7 Å². The van der Waals surface area contributed by atoms with Crippen molar-refractivity contribution in [3.63, 3.8) is 0 Å². The van der Waals surface area contributed by atoms with Crippen molar-refractivity contribution >= 4 is 55.2 Å². The molecule has 0 N–H and O–H groups in total. The van der Waals surface area contributed by atoms with Crippen LogP contribution in [0.5, 0.6) is 5.88 Å². The topological polar surface area (TPSA) is 77.3 Å². The molecular weight excluding hydrogens is 552 g/mol. The minimum Gasteiger partial charge on any atom is -0.472 e. The van der Waals surface area contributed by atoms with Gasteiger partial charge in [0.05, 0.1) is 11.2 Å². The standard InChI is InChI=1S/C28H29BrN4O3S/c1-4-5-26(34)33(24-10-16(2)22(29)13-21(24)17-6-7-17)25-9-8-23-27(30-25)28(31-32(23)3)36-20-11-18-14-37(35)15-19(18)12-20/h8-10,13,17-20H,6-7,11-12,14-15H2,1-3H3. The van der Waals surface area contributed by atoms with E-state index in [1.807, 2.05) is 32.2 Å². The van der Waals surface area contributed by atoms with E-state index >= 15 is 0 Å². The Bertz CT molecular complexity index is 1490. The van der Waals surface area contributed by atoms with Gasteiger partial charge < -0.3 is 4.74 Å². The molecule has 3 aliphatic rings. The van der Waals surface area contributed by atoms with Crippen LogP contribution in [-0.2, 0) is 22.6 Å². The fourth-order valence-corrected chi connectivity index (χ4v) is 8.03. The number of carbonyl (C=O) groups is 1. The van der Waals surface area contributed by atoms with E-state index in [0.29, 0.717) is 35.0 Å². The van der Waals surface area contributed by atoms with E-state index in [9.17, 15) is 9.00 Å². The second kappa shape index (κ2) is 9.55. The maximum atomic E-state index is 13.4. The van der Waals surface area contributed by atoms with Crippen molar-refractivity contribution in [1.29, 1.82) is 0 Å². The summed E-state index contributed by atoms with van der Waals surface area (Å²) in [6, 6.07) is 7.96. The zero-order valence-electron chi connectivity index (χ0n) is 21.2. The predicted octanol–water partition coefficient (Wildman–Crippen LogP) is 5.14. The van der Waals surface area contributed by atoms with E-state index in [-0.39, 0.29) is 12.0 Å². The number of anilines is 2. The number of pyridine rings is 1. The first-order valence-corrected chi connectivity index (χ1v) is 15.0. The molecule has 3 heterocycles. The Morgan fingerprint density at radius 1 is 1.22 bits per heavy atom. The molecule has 2 aromatic heterocycles. The van der Waals surface area contributed by atoms with Crippen LogP contribution in [0.25, 0.3) is 11.0 Å². The number of hydrogen-bond acceptors (Lipinski definition) is 5. The molecule has 6 rings (SSSR count). The lowest BCUT2D eigenvalue weighted by molar-refractivity contribution is -0.112. The van der Waals surface area contributed by atoms with Crippen molar-refractivity contribution in [1.82, 2.24) is 14.8 Å². The predicted molar refractivity (Wildman–Crippen MR) is 148 cm³/mol. The summed E-state index contributed by atoms with van der Waals surface area (Å²) in [6.07, 6.45) is 4.04. The Morgan fingerprint density at radius 2 is 1.95 bits per heavy atom. The number of aryl methyl sites for hydroxylation is 2. The van der Waals surface area contributed by atoms with Crippen LogP contribution in [0.2, 0.25) is 0 Å². The number of benzene rings is 1. The first kappa shape index (κ1) is 24.6. The summed E-state index contributed by atoms with van der Waals surface area (Å²) in [5, 5.41) is 4.63. The molecular formula is C28H29BrN4O3S. The summed E-state index contributed by atoms with van der Waals surface area (Å²) in [7, 11) is 1.19. The van der Waals surface area contributed by atoms with Crippen LogP contribution in [0, 0.1) is 30.6 Å². The molecule has 0 radical (unpaired) electrons. The van der Waals surface area contributed by atoms with Crippen LogP contribution in [0.4, 0.5) is 11.5 Å². The zero-order chi connectivity index (χ0) is 25.8. The second-order valence-corrected chi connectivity index (χ2v) is 12.8. The summed E-state index contributed by atoms with van der Waals surface area (Å²) < 4.78 is 21.1. The van der Waals surface area contributed by atoms with Gasteiger partial charge in [0.15, 0.2) is 5.52 Å². The van der Waals surface area contributed by atoms with Gasteiger partial charge in [-0.05, 0) is 98.6 Å². The number of amides is 1. The van der Waals surface area contributed by atoms with Gasteiger partial charge in [0.25, 0.3) is 5.88 Å². The molecule has 1 aliphatic heterocycles. The average molecular weight is 582 g/mol. The summed E-state index contributed by atoms with van der Waals surface area (Å²) in [5.74, 6) is 9.06. The second-order valence-electron chi connectivity index (χ2n) is 10.4. The lowest BCUT2D eigenvalue weighted by Crippen LogP contribution is -2.26. The van der Waals surface area contributed by atoms with Crippen LogP contribution in [0.1, 0.15) is 49.7 Å². The molecule has 1 saturated heterocycles. The minimum atomic E-state index is -0.688. The molecule has 3 aromatic rings. The molecule has 192 valence electrons. The van der Waals surface area contributed by atoms with Gasteiger partial charge in [-0.25, -0.2) is 4.98 Å². The van der Waals surface area contributed by atoms with Crippen LogP contribution in [0.3, 0.4) is 0 Å². The average Bonchev–Trinajstić information content (AvgIpc) is 3.46. The number of fused-ring (bicyclic) bond motifs is 2. The fraction of sp³-hybridized carbons (Fsp3) is 0.464. The van der Waals surface area contributed by atoms with Crippen molar-refractivity contribution in [3.05, 3.63) is 39.9 Å². The van der Waals surface area contributed by atoms with Gasteiger partial charge in [0.1, 0.15) is 11.9 Å². The Morgan fingerprint density at radius 3 is 2.62 bits per heavy atom. The first-order valence-electron chi connectivity index (χ1n) is 12.7. The molecule has 2 atom stereocenters. The molecule has 37 heavy (non-hydrogen) atoms. The molecule has 2 aliphatic carbocycles. The third-order valence-electron chi connectivity index (χ3n) is 7.76. The molecule has 1 aromatic carbocycles. The molecule has 2 unspecified atom stereocenters. The van der Waals surface area contributed by atoms with Crippen LogP contribution < -0.4 is 9.64 Å². The van der Waals surface area contributed by atoms with Crippen molar-refractivity contribution in [2.75, 3.05) is 16.4 Å². The van der Waals surface area contributed by atoms with E-state index in [1.54, 1.807) is 16.5 Å². The van der Waals surface area contributed by atoms with Crippen LogP contribution in [0.15, 0.2) is 28.7 Å². The largest absolute Gasteiger partial charge is 0.472 e. The van der Waals surface area contributed by atoms with Crippen molar-refractivity contribution in [2.45, 2.75) is 51.6 Å². The minimum absolute atomic E-state index is 0.0372. The molecule has 1 amide bonds. The lowest BCUT2D eigenvalue weighted by Gasteiger charge is -2.24. The SMILES string of the molecule is CC#CC(=O)N(c1ccc2c(n1)c(OC1CC3CS(=O)CC3C1)nn2C)c1cc(C)c(Br)cc1C1CC1. The molecule has 7 nitrogen and oxygen atoms in total. The summed E-state index contributed by atoms with van der Waals surface area (Å²) >= 11 is 3.67. The molecule has 9 heteroatoms. The van der Waals surface area contributed by atoms with Gasteiger partial charge >= 0.3 is 5.91 Å². The van der Waals surface area contributed by atoms with E-state index in [0.717, 1.165) is 64.0 Å². The molecule has 0 bridgehead atoms. The number of aromatic nitrogens is 3. The number of nitrogens with zero attached hydrogens (tertiary/aromatic N) is 4.